The summed E-state index contributed by atoms with van der Waals surface area (Å²) < 4.78 is 5.58. The van der Waals surface area contributed by atoms with Crippen LogP contribution in [0.15, 0.2) is 18.2 Å². The Morgan fingerprint density at radius 2 is 2.20 bits per heavy atom. The molecule has 0 bridgehead atoms. The lowest BCUT2D eigenvalue weighted by molar-refractivity contribution is -0.122. The van der Waals surface area contributed by atoms with E-state index in [2.05, 4.69) is 17.6 Å². The zero-order chi connectivity index (χ0) is 14.4. The Kier molecular flexibility index (Phi) is 5.09. The molecular formula is C15H23N3O2. The third kappa shape index (κ3) is 4.05. The molecule has 0 aliphatic heterocycles. The highest BCUT2D eigenvalue weighted by molar-refractivity contribution is 5.80. The Labute approximate surface area is 119 Å². The number of carbonyl (C=O) groups excluding carboxylic acids is 1. The van der Waals surface area contributed by atoms with Gasteiger partial charge in [0.2, 0.25) is 5.91 Å². The minimum atomic E-state index is 0.166. The Morgan fingerprint density at radius 1 is 1.40 bits per heavy atom. The average molecular weight is 277 g/mol. The second-order valence-electron chi connectivity index (χ2n) is 5.06. The van der Waals surface area contributed by atoms with Crippen molar-refractivity contribution < 1.29 is 9.53 Å². The van der Waals surface area contributed by atoms with Gasteiger partial charge in [0.15, 0.2) is 0 Å². The van der Waals surface area contributed by atoms with E-state index < -0.39 is 0 Å². The predicted molar refractivity (Wildman–Crippen MR) is 80.9 cm³/mol. The summed E-state index contributed by atoms with van der Waals surface area (Å²) in [5, 5.41) is 6.13. The maximum atomic E-state index is 11.5. The number of nitrogens with one attached hydrogen (secondary N) is 2. The molecule has 0 aromatic heterocycles. The van der Waals surface area contributed by atoms with E-state index in [0.29, 0.717) is 31.1 Å². The van der Waals surface area contributed by atoms with E-state index >= 15 is 0 Å². The molecular weight excluding hydrogens is 254 g/mol. The van der Waals surface area contributed by atoms with Crippen LogP contribution in [0.1, 0.15) is 26.2 Å². The largest absolute Gasteiger partial charge is 0.491 e. The highest BCUT2D eigenvalue weighted by Crippen LogP contribution is 2.29. The minimum Gasteiger partial charge on any atom is -0.491 e. The predicted octanol–water partition coefficient (Wildman–Crippen LogP) is 2.00. The molecule has 4 N–H and O–H groups in total. The second kappa shape index (κ2) is 7.03. The van der Waals surface area contributed by atoms with Crippen molar-refractivity contribution in [1.29, 1.82) is 0 Å². The maximum Gasteiger partial charge on any atom is 0.223 e. The van der Waals surface area contributed by atoms with Crippen molar-refractivity contribution in [3.63, 3.8) is 0 Å². The van der Waals surface area contributed by atoms with Crippen molar-refractivity contribution in [2.45, 2.75) is 26.2 Å². The first-order valence-electron chi connectivity index (χ1n) is 7.25. The summed E-state index contributed by atoms with van der Waals surface area (Å²) in [5.74, 6) is 1.13. The Bertz CT molecular complexity index is 458. The van der Waals surface area contributed by atoms with E-state index in [9.17, 15) is 4.79 Å². The number of rotatable bonds is 8. The van der Waals surface area contributed by atoms with Crippen LogP contribution in [0.4, 0.5) is 11.4 Å². The summed E-state index contributed by atoms with van der Waals surface area (Å²) in [5.41, 5.74) is 7.52. The van der Waals surface area contributed by atoms with Crippen LogP contribution in [-0.2, 0) is 4.79 Å². The zero-order valence-electron chi connectivity index (χ0n) is 11.9. The van der Waals surface area contributed by atoms with Gasteiger partial charge in [0.1, 0.15) is 5.75 Å². The molecule has 0 saturated heterocycles. The molecule has 1 amide bonds. The zero-order valence-corrected chi connectivity index (χ0v) is 11.9. The third-order valence-electron chi connectivity index (χ3n) is 3.22. The van der Waals surface area contributed by atoms with Crippen LogP contribution in [0, 0.1) is 5.92 Å². The van der Waals surface area contributed by atoms with Gasteiger partial charge in [0, 0.05) is 19.0 Å². The van der Waals surface area contributed by atoms with Gasteiger partial charge in [-0.3, -0.25) is 4.79 Å². The topological polar surface area (TPSA) is 76.4 Å². The number of carbonyl (C=O) groups is 1. The SMILES string of the molecule is CCCOc1cccc(NCCNC(=O)C2CC2)c1N. The first kappa shape index (κ1) is 14.5. The van der Waals surface area contributed by atoms with Crippen molar-refractivity contribution in [2.75, 3.05) is 30.7 Å². The number of para-hydroxylation sites is 1. The molecule has 1 fully saturated rings. The maximum absolute atomic E-state index is 11.5. The fourth-order valence-corrected chi connectivity index (χ4v) is 1.91. The second-order valence-corrected chi connectivity index (χ2v) is 5.06. The van der Waals surface area contributed by atoms with E-state index in [-0.39, 0.29) is 11.8 Å². The first-order valence-corrected chi connectivity index (χ1v) is 7.25. The normalized spacial score (nSPS) is 13.8. The third-order valence-corrected chi connectivity index (χ3v) is 3.22. The fraction of sp³-hybridized carbons (Fsp3) is 0.533. The highest BCUT2D eigenvalue weighted by atomic mass is 16.5. The van der Waals surface area contributed by atoms with E-state index in [1.807, 2.05) is 18.2 Å². The van der Waals surface area contributed by atoms with Crippen LogP contribution in [-0.4, -0.2) is 25.6 Å². The molecule has 2 rings (SSSR count). The van der Waals surface area contributed by atoms with Crippen molar-refractivity contribution in [2.24, 2.45) is 5.92 Å². The number of hydrogen-bond donors (Lipinski definition) is 3. The molecule has 1 aliphatic rings. The monoisotopic (exact) mass is 277 g/mol. The van der Waals surface area contributed by atoms with E-state index in [1.165, 1.54) is 0 Å². The summed E-state index contributed by atoms with van der Waals surface area (Å²) in [7, 11) is 0. The number of ether oxygens (including phenoxy) is 1. The molecule has 1 aromatic carbocycles. The van der Waals surface area contributed by atoms with Crippen LogP contribution < -0.4 is 21.1 Å². The van der Waals surface area contributed by atoms with Gasteiger partial charge in [-0.25, -0.2) is 0 Å². The molecule has 0 heterocycles. The van der Waals surface area contributed by atoms with Crippen molar-refractivity contribution in [1.82, 2.24) is 5.32 Å². The lowest BCUT2D eigenvalue weighted by Gasteiger charge is -2.13. The smallest absolute Gasteiger partial charge is 0.223 e. The molecule has 110 valence electrons. The highest BCUT2D eigenvalue weighted by Gasteiger charge is 2.28. The van der Waals surface area contributed by atoms with Crippen LogP contribution in [0.5, 0.6) is 5.75 Å². The van der Waals surface area contributed by atoms with Gasteiger partial charge in [-0.15, -0.1) is 0 Å². The van der Waals surface area contributed by atoms with Crippen LogP contribution >= 0.6 is 0 Å². The molecule has 0 radical (unpaired) electrons. The molecule has 1 aliphatic carbocycles. The van der Waals surface area contributed by atoms with Crippen LogP contribution in [0.2, 0.25) is 0 Å². The summed E-state index contributed by atoms with van der Waals surface area (Å²) in [4.78, 5) is 11.5. The fourth-order valence-electron chi connectivity index (χ4n) is 1.91. The molecule has 5 heteroatoms. The van der Waals surface area contributed by atoms with Crippen LogP contribution in [0.3, 0.4) is 0 Å². The van der Waals surface area contributed by atoms with E-state index in [4.69, 9.17) is 10.5 Å². The van der Waals surface area contributed by atoms with Gasteiger partial charge >= 0.3 is 0 Å². The van der Waals surface area contributed by atoms with Crippen LogP contribution in [0.25, 0.3) is 0 Å². The quantitative estimate of drug-likeness (QED) is 0.502. The number of anilines is 2. The number of nitrogen functional groups attached to an aromatic ring is 1. The standard InChI is InChI=1S/C15H23N3O2/c1-2-10-20-13-5-3-4-12(14(13)16)17-8-9-18-15(19)11-6-7-11/h3-5,11,17H,2,6-10,16H2,1H3,(H,18,19). The number of hydrogen-bond acceptors (Lipinski definition) is 4. The number of nitrogens with two attached hydrogens (primary N) is 1. The lowest BCUT2D eigenvalue weighted by Crippen LogP contribution is -2.29. The van der Waals surface area contributed by atoms with Gasteiger partial charge in [0.25, 0.3) is 0 Å². The lowest BCUT2D eigenvalue weighted by atomic mass is 10.2. The van der Waals surface area contributed by atoms with Gasteiger partial charge in [-0.2, -0.15) is 0 Å². The molecule has 1 aromatic rings. The number of benzene rings is 1. The summed E-state index contributed by atoms with van der Waals surface area (Å²) in [6.45, 7) is 3.97. The average Bonchev–Trinajstić information content (AvgIpc) is 3.28. The molecule has 1 saturated carbocycles. The van der Waals surface area contributed by atoms with Gasteiger partial charge in [0.05, 0.1) is 18.0 Å². The molecule has 0 unspecified atom stereocenters. The first-order chi connectivity index (χ1) is 9.72. The van der Waals surface area contributed by atoms with Gasteiger partial charge < -0.3 is 21.1 Å². The van der Waals surface area contributed by atoms with Crippen molar-refractivity contribution in [3.8, 4) is 5.75 Å². The minimum absolute atomic E-state index is 0.166. The Hall–Kier alpha value is -1.91. The Morgan fingerprint density at radius 3 is 2.90 bits per heavy atom. The summed E-state index contributed by atoms with van der Waals surface area (Å²) in [6, 6.07) is 5.69. The van der Waals surface area contributed by atoms with Crippen molar-refractivity contribution >= 4 is 17.3 Å². The molecule has 0 spiro atoms. The van der Waals surface area contributed by atoms with Gasteiger partial charge in [-0.1, -0.05) is 13.0 Å². The number of amides is 1. The molecule has 5 nitrogen and oxygen atoms in total. The molecule has 20 heavy (non-hydrogen) atoms. The summed E-state index contributed by atoms with van der Waals surface area (Å²) in [6.07, 6.45) is 3.01. The van der Waals surface area contributed by atoms with E-state index in [0.717, 1.165) is 24.9 Å². The van der Waals surface area contributed by atoms with Crippen molar-refractivity contribution in [3.05, 3.63) is 18.2 Å². The van der Waals surface area contributed by atoms with Gasteiger partial charge in [-0.05, 0) is 31.4 Å². The Balaban J connectivity index is 1.78. The molecule has 0 atom stereocenters. The van der Waals surface area contributed by atoms with E-state index in [1.54, 1.807) is 0 Å². The summed E-state index contributed by atoms with van der Waals surface area (Å²) >= 11 is 0.